The van der Waals surface area contributed by atoms with Crippen LogP contribution in [0.25, 0.3) is 22.6 Å². The molecule has 0 bridgehead atoms. The maximum Gasteiger partial charge on any atom is 0.353 e. The Hall–Kier alpha value is -2.55. The van der Waals surface area contributed by atoms with Gasteiger partial charge in [0.15, 0.2) is 5.76 Å². The average Bonchev–Trinajstić information content (AvgIpc) is 3.30. The van der Waals surface area contributed by atoms with Crippen molar-refractivity contribution >= 4 is 11.1 Å². The summed E-state index contributed by atoms with van der Waals surface area (Å²) in [6, 6.07) is 5.74. The highest BCUT2D eigenvalue weighted by molar-refractivity contribution is 5.78. The maximum atomic E-state index is 12.4. The van der Waals surface area contributed by atoms with E-state index in [0.717, 1.165) is 12.8 Å². The zero-order chi connectivity index (χ0) is 20.4. The fourth-order valence-corrected chi connectivity index (χ4v) is 3.61. The summed E-state index contributed by atoms with van der Waals surface area (Å²) in [5.74, 6) is 0.533. The fourth-order valence-electron chi connectivity index (χ4n) is 3.61. The predicted molar refractivity (Wildman–Crippen MR) is 106 cm³/mol. The Morgan fingerprint density at radius 2 is 2.17 bits per heavy atom. The molecule has 4 heterocycles. The lowest BCUT2D eigenvalue weighted by atomic mass is 10.1. The average molecular weight is 399 g/mol. The van der Waals surface area contributed by atoms with E-state index in [0.29, 0.717) is 16.8 Å². The first kappa shape index (κ1) is 19.8. The lowest BCUT2D eigenvalue weighted by Gasteiger charge is -2.13. The highest BCUT2D eigenvalue weighted by Crippen LogP contribution is 2.29. The largest absolute Gasteiger partial charge is 0.436 e. The Morgan fingerprint density at radius 1 is 1.31 bits per heavy atom. The van der Waals surface area contributed by atoms with Crippen LogP contribution in [0.4, 0.5) is 0 Å². The monoisotopic (exact) mass is 399 g/mol. The zero-order valence-electron chi connectivity index (χ0n) is 16.3. The van der Waals surface area contributed by atoms with Crippen molar-refractivity contribution in [2.24, 2.45) is 0 Å². The summed E-state index contributed by atoms with van der Waals surface area (Å²) in [6.07, 6.45) is 6.00. The van der Waals surface area contributed by atoms with E-state index in [4.69, 9.17) is 9.15 Å². The van der Waals surface area contributed by atoms with E-state index in [1.54, 1.807) is 12.3 Å². The lowest BCUT2D eigenvalue weighted by molar-refractivity contribution is -0.0457. The van der Waals surface area contributed by atoms with Crippen LogP contribution in [0.3, 0.4) is 0 Å². The molecule has 8 nitrogen and oxygen atoms in total. The zero-order valence-corrected chi connectivity index (χ0v) is 16.3. The van der Waals surface area contributed by atoms with Gasteiger partial charge in [0.05, 0.1) is 18.1 Å². The number of ether oxygens (including phenoxy) is 1. The van der Waals surface area contributed by atoms with Crippen molar-refractivity contribution in [3.8, 4) is 11.5 Å². The number of furan rings is 1. The molecule has 154 valence electrons. The van der Waals surface area contributed by atoms with Crippen molar-refractivity contribution in [1.29, 1.82) is 0 Å². The summed E-state index contributed by atoms with van der Waals surface area (Å²) in [7, 11) is 0. The van der Waals surface area contributed by atoms with Crippen LogP contribution in [0.15, 0.2) is 39.8 Å². The Morgan fingerprint density at radius 3 is 2.86 bits per heavy atom. The van der Waals surface area contributed by atoms with Gasteiger partial charge in [-0.15, -0.1) is 0 Å². The topological polar surface area (TPSA) is 111 Å². The third-order valence-electron chi connectivity index (χ3n) is 5.28. The molecule has 3 aromatic heterocycles. The Kier molecular flexibility index (Phi) is 5.75. The molecule has 0 aromatic carbocycles. The van der Waals surface area contributed by atoms with Crippen LogP contribution < -0.4 is 5.69 Å². The highest BCUT2D eigenvalue weighted by atomic mass is 16.5. The molecular weight excluding hydrogens is 374 g/mol. The van der Waals surface area contributed by atoms with Gasteiger partial charge in [-0.1, -0.05) is 25.8 Å². The number of rotatable bonds is 7. The molecule has 1 saturated heterocycles. The third-order valence-corrected chi connectivity index (χ3v) is 5.28. The van der Waals surface area contributed by atoms with Gasteiger partial charge in [0.2, 0.25) is 5.71 Å². The summed E-state index contributed by atoms with van der Waals surface area (Å²) in [6.45, 7) is 1.87. The Bertz CT molecular complexity index is 1030. The number of aryl methyl sites for hydroxylation is 1. The molecule has 0 spiro atoms. The summed E-state index contributed by atoms with van der Waals surface area (Å²) in [5.41, 5.74) is 1.56. The minimum Gasteiger partial charge on any atom is -0.436 e. The van der Waals surface area contributed by atoms with Gasteiger partial charge >= 0.3 is 5.69 Å². The van der Waals surface area contributed by atoms with Gasteiger partial charge in [-0.25, -0.2) is 4.79 Å². The van der Waals surface area contributed by atoms with E-state index >= 15 is 0 Å². The molecule has 1 aliphatic heterocycles. The number of aliphatic hydroxyl groups excluding tert-OH is 2. The number of unbranched alkanes of at least 4 members (excludes halogenated alkanes) is 2. The molecule has 0 unspecified atom stereocenters. The molecule has 4 rings (SSSR count). The lowest BCUT2D eigenvalue weighted by Crippen LogP contribution is -2.27. The van der Waals surface area contributed by atoms with E-state index in [1.807, 2.05) is 18.3 Å². The number of pyridine rings is 1. The standard InChI is InChI=1S/C21H25N3O5/c1-2-3-4-5-13-6-7-15(22-10-13)17-8-14-11-24(21(27)23-20(14)29-17)19-9-16(26)18(12-25)28-19/h6-8,10-11,16,18-19,25-26H,2-5,9,12H2,1H3/t16-,18+,19+/m0/s1. The Labute approximate surface area is 167 Å². The van der Waals surface area contributed by atoms with E-state index in [2.05, 4.69) is 16.9 Å². The van der Waals surface area contributed by atoms with Crippen LogP contribution in [0.2, 0.25) is 0 Å². The predicted octanol–water partition coefficient (Wildman–Crippen LogP) is 2.42. The smallest absolute Gasteiger partial charge is 0.353 e. The fraction of sp³-hybridized carbons (Fsp3) is 0.476. The quantitative estimate of drug-likeness (QED) is 0.587. The second-order valence-corrected chi connectivity index (χ2v) is 7.43. The molecule has 29 heavy (non-hydrogen) atoms. The van der Waals surface area contributed by atoms with E-state index in [9.17, 15) is 15.0 Å². The number of hydrogen-bond donors (Lipinski definition) is 2. The van der Waals surface area contributed by atoms with Crippen LogP contribution in [0.5, 0.6) is 0 Å². The van der Waals surface area contributed by atoms with Crippen LogP contribution in [0, 0.1) is 0 Å². The molecule has 0 radical (unpaired) electrons. The van der Waals surface area contributed by atoms with Crippen molar-refractivity contribution < 1.29 is 19.4 Å². The highest BCUT2D eigenvalue weighted by Gasteiger charge is 2.35. The number of hydrogen-bond acceptors (Lipinski definition) is 7. The first-order chi connectivity index (χ1) is 14.1. The van der Waals surface area contributed by atoms with E-state index < -0.39 is 24.1 Å². The number of nitrogens with zero attached hydrogens (tertiary/aromatic N) is 3. The summed E-state index contributed by atoms with van der Waals surface area (Å²) in [5, 5.41) is 19.8. The van der Waals surface area contributed by atoms with Gasteiger partial charge in [0.25, 0.3) is 0 Å². The molecule has 0 amide bonds. The molecule has 0 saturated carbocycles. The summed E-state index contributed by atoms with van der Waals surface area (Å²) < 4.78 is 12.6. The minimum absolute atomic E-state index is 0.212. The van der Waals surface area contributed by atoms with Gasteiger partial charge in [0.1, 0.15) is 18.0 Å². The Balaban J connectivity index is 1.58. The maximum absolute atomic E-state index is 12.4. The number of fused-ring (bicyclic) bond motifs is 1. The SMILES string of the molecule is CCCCCc1ccc(-c2cc3cn([C@H]4C[C@H](O)[C@@H](CO)O4)c(=O)nc3o2)nc1. The van der Waals surface area contributed by atoms with Gasteiger partial charge in [-0.3, -0.25) is 9.55 Å². The van der Waals surface area contributed by atoms with Crippen molar-refractivity contribution in [2.45, 2.75) is 57.5 Å². The molecule has 0 aliphatic carbocycles. The molecule has 3 aromatic rings. The van der Waals surface area contributed by atoms with Crippen LogP contribution in [-0.2, 0) is 11.2 Å². The first-order valence-electron chi connectivity index (χ1n) is 10.0. The third kappa shape index (κ3) is 4.10. The van der Waals surface area contributed by atoms with Gasteiger partial charge in [0, 0.05) is 18.8 Å². The van der Waals surface area contributed by atoms with E-state index in [1.165, 1.54) is 23.0 Å². The van der Waals surface area contributed by atoms with Crippen molar-refractivity contribution in [1.82, 2.24) is 14.5 Å². The van der Waals surface area contributed by atoms with Gasteiger partial charge in [-0.2, -0.15) is 4.98 Å². The molecule has 1 fully saturated rings. The number of aromatic nitrogens is 3. The molecule has 8 heteroatoms. The van der Waals surface area contributed by atoms with Crippen molar-refractivity contribution in [2.75, 3.05) is 6.61 Å². The molecule has 3 atom stereocenters. The second-order valence-electron chi connectivity index (χ2n) is 7.43. The molecule has 1 aliphatic rings. The van der Waals surface area contributed by atoms with Gasteiger partial charge < -0.3 is 19.4 Å². The van der Waals surface area contributed by atoms with Crippen LogP contribution >= 0.6 is 0 Å². The van der Waals surface area contributed by atoms with Crippen LogP contribution in [0.1, 0.15) is 44.4 Å². The molecular formula is C21H25N3O5. The van der Waals surface area contributed by atoms with Crippen molar-refractivity contribution in [3.63, 3.8) is 0 Å². The van der Waals surface area contributed by atoms with Crippen molar-refractivity contribution in [3.05, 3.63) is 46.6 Å². The second kappa shape index (κ2) is 8.44. The van der Waals surface area contributed by atoms with Gasteiger partial charge in [-0.05, 0) is 30.5 Å². The summed E-state index contributed by atoms with van der Waals surface area (Å²) >= 11 is 0. The first-order valence-corrected chi connectivity index (χ1v) is 10.0. The van der Waals surface area contributed by atoms with E-state index in [-0.39, 0.29) is 18.7 Å². The molecule has 2 N–H and O–H groups in total. The number of aliphatic hydroxyl groups is 2. The normalized spacial score (nSPS) is 21.8. The van der Waals surface area contributed by atoms with Crippen LogP contribution in [-0.4, -0.2) is 43.6 Å². The summed E-state index contributed by atoms with van der Waals surface area (Å²) in [4.78, 5) is 20.9. The minimum atomic E-state index is -0.826.